The minimum atomic E-state index is -0.946. The van der Waals surface area contributed by atoms with E-state index in [4.69, 9.17) is 51.6 Å². The number of carbonyl (C=O) groups is 2. The van der Waals surface area contributed by atoms with E-state index in [-0.39, 0.29) is 12.4 Å². The van der Waals surface area contributed by atoms with Gasteiger partial charge in [-0.15, -0.1) is 0 Å². The number of fused-ring (bicyclic) bond motifs is 3. The van der Waals surface area contributed by atoms with Crippen LogP contribution in [-0.2, 0) is 23.7 Å². The van der Waals surface area contributed by atoms with E-state index in [0.29, 0.717) is 32.3 Å². The van der Waals surface area contributed by atoms with Gasteiger partial charge in [-0.25, -0.2) is 19.6 Å². The van der Waals surface area contributed by atoms with Gasteiger partial charge in [0.1, 0.15) is 58.9 Å². The molecule has 2 aliphatic heterocycles. The van der Waals surface area contributed by atoms with Gasteiger partial charge >= 0.3 is 12.2 Å². The lowest BCUT2D eigenvalue weighted by Gasteiger charge is -2.28. The number of hydrogen-bond donors (Lipinski definition) is 0. The first kappa shape index (κ1) is 34.1. The lowest BCUT2D eigenvalue weighted by Crippen LogP contribution is -2.44. The van der Waals surface area contributed by atoms with Gasteiger partial charge in [-0.1, -0.05) is 23.2 Å². The molecular weight excluding hydrogens is 665 g/mol. The molecule has 2 fully saturated rings. The van der Waals surface area contributed by atoms with Crippen molar-refractivity contribution in [1.82, 2.24) is 19.5 Å². The molecule has 4 aromatic rings. The molecule has 0 bridgehead atoms. The third-order valence-corrected chi connectivity index (χ3v) is 7.95. The summed E-state index contributed by atoms with van der Waals surface area (Å²) in [6.45, 7) is 13.9. The standard InChI is InChI=1S/C33H37Cl2N5O8/c1-31(2,3)47-29(41)40(30(42)48-32(4,5)6)27-19-11-12-39(26(19)37-16-38-27)28-25-24(45-33(7,8)46-25)21(44-28)15-43-20-10-9-17-13-18(34)14-36-23(17)22(20)35/h9-14,16,21,24-25,28H,15H2,1-8H3/t21-,24-,25-,28-/m1/s1. The summed E-state index contributed by atoms with van der Waals surface area (Å²) < 4.78 is 38.2. The summed E-state index contributed by atoms with van der Waals surface area (Å²) >= 11 is 12.7. The molecule has 0 spiro atoms. The number of nitrogens with zero attached hydrogens (tertiary/aromatic N) is 5. The Balaban J connectivity index is 1.31. The normalized spacial score (nSPS) is 22.1. The summed E-state index contributed by atoms with van der Waals surface area (Å²) in [6, 6.07) is 7.04. The lowest BCUT2D eigenvalue weighted by atomic mass is 10.1. The van der Waals surface area contributed by atoms with Crippen LogP contribution in [0.1, 0.15) is 61.6 Å². The first-order chi connectivity index (χ1) is 22.4. The van der Waals surface area contributed by atoms with Gasteiger partial charge in [-0.05, 0) is 79.7 Å². The van der Waals surface area contributed by atoms with Crippen LogP contribution >= 0.6 is 23.2 Å². The number of amides is 2. The number of imide groups is 1. The highest BCUT2D eigenvalue weighted by Gasteiger charge is 2.56. The smallest absolute Gasteiger partial charge is 0.425 e. The molecule has 0 N–H and O–H groups in total. The van der Waals surface area contributed by atoms with Gasteiger partial charge in [-0.2, -0.15) is 4.90 Å². The Morgan fingerprint density at radius 2 is 1.62 bits per heavy atom. The summed E-state index contributed by atoms with van der Waals surface area (Å²) in [5, 5.41) is 2.01. The molecule has 15 heteroatoms. The second-order valence-corrected chi connectivity index (χ2v) is 14.8. The molecular formula is C33H37Cl2N5O8. The molecule has 3 aromatic heterocycles. The van der Waals surface area contributed by atoms with Gasteiger partial charge in [0.2, 0.25) is 0 Å². The Morgan fingerprint density at radius 3 is 2.29 bits per heavy atom. The highest BCUT2D eigenvalue weighted by Crippen LogP contribution is 2.45. The molecule has 0 aliphatic carbocycles. The molecule has 0 saturated carbocycles. The van der Waals surface area contributed by atoms with Crippen molar-refractivity contribution in [3.63, 3.8) is 0 Å². The number of benzene rings is 1. The van der Waals surface area contributed by atoms with E-state index in [1.54, 1.807) is 70.5 Å². The Kier molecular flexibility index (Phi) is 8.74. The lowest BCUT2D eigenvalue weighted by molar-refractivity contribution is -0.198. The average molecular weight is 703 g/mol. The van der Waals surface area contributed by atoms with Gasteiger partial charge in [0.05, 0.1) is 15.9 Å². The molecule has 2 aliphatic rings. The van der Waals surface area contributed by atoms with Crippen LogP contribution in [-0.4, -0.2) is 73.6 Å². The van der Waals surface area contributed by atoms with Crippen LogP contribution < -0.4 is 9.64 Å². The molecule has 4 atom stereocenters. The van der Waals surface area contributed by atoms with E-state index in [2.05, 4.69) is 15.0 Å². The zero-order valence-corrected chi connectivity index (χ0v) is 29.3. The minimum absolute atomic E-state index is 0.0126. The summed E-state index contributed by atoms with van der Waals surface area (Å²) in [5.74, 6) is -0.498. The molecule has 13 nitrogen and oxygen atoms in total. The quantitative estimate of drug-likeness (QED) is 0.205. The molecule has 0 unspecified atom stereocenters. The topological polar surface area (TPSA) is 136 Å². The molecule has 2 saturated heterocycles. The SMILES string of the molecule is CC(C)(C)OC(=O)N(C(=O)OC(C)(C)C)c1ncnc2c1ccn2[C@@H]1O[C@H](COc2ccc3cc(Cl)cnc3c2Cl)[C@H]2OC(C)(C)O[C@H]21. The summed E-state index contributed by atoms with van der Waals surface area (Å²) in [5.41, 5.74) is -0.859. The highest BCUT2D eigenvalue weighted by atomic mass is 35.5. The minimum Gasteiger partial charge on any atom is -0.489 e. The number of aromatic nitrogens is 4. The van der Waals surface area contributed by atoms with Crippen LogP contribution in [0.3, 0.4) is 0 Å². The number of rotatable bonds is 5. The zero-order valence-electron chi connectivity index (χ0n) is 27.8. The molecule has 6 rings (SSSR count). The van der Waals surface area contributed by atoms with Crippen LogP contribution in [0, 0.1) is 0 Å². The summed E-state index contributed by atoms with van der Waals surface area (Å²) in [6.07, 6.45) is 0.230. The van der Waals surface area contributed by atoms with Crippen LogP contribution in [0.15, 0.2) is 43.0 Å². The van der Waals surface area contributed by atoms with Gasteiger partial charge in [-0.3, -0.25) is 4.98 Å². The molecule has 2 amide bonds. The summed E-state index contributed by atoms with van der Waals surface area (Å²) in [4.78, 5) is 40.7. The van der Waals surface area contributed by atoms with Gasteiger partial charge < -0.3 is 33.0 Å². The van der Waals surface area contributed by atoms with Crippen molar-refractivity contribution < 1.29 is 38.0 Å². The Bertz CT molecular complexity index is 1860. The maximum absolute atomic E-state index is 13.4. The first-order valence-electron chi connectivity index (χ1n) is 15.4. The number of halogens is 2. The molecule has 48 heavy (non-hydrogen) atoms. The monoisotopic (exact) mass is 701 g/mol. The Morgan fingerprint density at radius 1 is 0.958 bits per heavy atom. The Labute approximate surface area is 287 Å². The maximum Gasteiger partial charge on any atom is 0.425 e. The number of pyridine rings is 1. The van der Waals surface area contributed by atoms with Crippen LogP contribution in [0.2, 0.25) is 10.0 Å². The predicted molar refractivity (Wildman–Crippen MR) is 177 cm³/mol. The van der Waals surface area contributed by atoms with E-state index in [1.165, 1.54) is 12.5 Å². The number of hydrogen-bond acceptors (Lipinski definition) is 11. The molecule has 256 valence electrons. The van der Waals surface area contributed by atoms with Gasteiger partial charge in [0, 0.05) is 17.8 Å². The average Bonchev–Trinajstić information content (AvgIpc) is 3.62. The zero-order chi connectivity index (χ0) is 34.8. The van der Waals surface area contributed by atoms with Crippen molar-refractivity contribution in [2.24, 2.45) is 0 Å². The van der Waals surface area contributed by atoms with E-state index < -0.39 is 53.7 Å². The second kappa shape index (κ2) is 12.3. The third kappa shape index (κ3) is 6.88. The van der Waals surface area contributed by atoms with Crippen LogP contribution in [0.5, 0.6) is 5.75 Å². The van der Waals surface area contributed by atoms with Crippen molar-refractivity contribution in [3.8, 4) is 5.75 Å². The first-order valence-corrected chi connectivity index (χ1v) is 16.1. The largest absolute Gasteiger partial charge is 0.489 e. The van der Waals surface area contributed by atoms with E-state index >= 15 is 0 Å². The predicted octanol–water partition coefficient (Wildman–Crippen LogP) is 7.46. The van der Waals surface area contributed by atoms with Crippen molar-refractivity contribution in [2.75, 3.05) is 11.5 Å². The fourth-order valence-corrected chi connectivity index (χ4v) is 6.07. The summed E-state index contributed by atoms with van der Waals surface area (Å²) in [7, 11) is 0. The maximum atomic E-state index is 13.4. The van der Waals surface area contributed by atoms with Crippen LogP contribution in [0.4, 0.5) is 15.4 Å². The third-order valence-electron chi connectivity index (χ3n) is 7.38. The van der Waals surface area contributed by atoms with E-state index in [0.717, 1.165) is 10.3 Å². The Hall–Kier alpha value is -3.75. The van der Waals surface area contributed by atoms with Crippen LogP contribution in [0.25, 0.3) is 21.9 Å². The molecule has 5 heterocycles. The highest BCUT2D eigenvalue weighted by molar-refractivity contribution is 6.37. The molecule has 1 aromatic carbocycles. The van der Waals surface area contributed by atoms with E-state index in [1.807, 2.05) is 19.9 Å². The van der Waals surface area contributed by atoms with Gasteiger partial charge in [0.15, 0.2) is 17.8 Å². The second-order valence-electron chi connectivity index (χ2n) is 14.0. The molecule has 0 radical (unpaired) electrons. The van der Waals surface area contributed by atoms with Gasteiger partial charge in [0.25, 0.3) is 0 Å². The van der Waals surface area contributed by atoms with Crippen molar-refractivity contribution >= 4 is 63.1 Å². The number of anilines is 1. The van der Waals surface area contributed by atoms with Crippen molar-refractivity contribution in [3.05, 3.63) is 53.0 Å². The number of ether oxygens (including phenoxy) is 6. The number of carbonyl (C=O) groups excluding carboxylic acids is 2. The van der Waals surface area contributed by atoms with Crippen molar-refractivity contribution in [1.29, 1.82) is 0 Å². The fraction of sp³-hybridized carbons (Fsp3) is 0.485. The van der Waals surface area contributed by atoms with E-state index in [9.17, 15) is 9.59 Å². The van der Waals surface area contributed by atoms with Crippen molar-refractivity contribution in [2.45, 2.75) is 96.9 Å². The fourth-order valence-electron chi connectivity index (χ4n) is 5.63.